The van der Waals surface area contributed by atoms with Gasteiger partial charge in [-0.1, -0.05) is 12.1 Å². The van der Waals surface area contributed by atoms with Crippen molar-refractivity contribution in [1.29, 1.82) is 0 Å². The van der Waals surface area contributed by atoms with Crippen molar-refractivity contribution in [3.05, 3.63) is 53.5 Å². The van der Waals surface area contributed by atoms with E-state index in [0.29, 0.717) is 11.3 Å². The number of nitroso groups, excluding NO2 is 1. The van der Waals surface area contributed by atoms with Gasteiger partial charge in [-0.05, 0) is 17.3 Å². The highest BCUT2D eigenvalue weighted by Gasteiger charge is 2.11. The highest BCUT2D eigenvalue weighted by atomic mass is 16.3. The number of hydrogen-bond acceptors (Lipinski definition) is 4. The number of para-hydroxylation sites is 1. The molecular weight excluding hydrogens is 220 g/mol. The summed E-state index contributed by atoms with van der Waals surface area (Å²) in [5, 5.41) is 4.99. The first-order valence-electron chi connectivity index (χ1n) is 4.97. The molecule has 0 atom stereocenters. The molecule has 1 amide bonds. The summed E-state index contributed by atoms with van der Waals surface area (Å²) in [5.41, 5.74) is 1.17. The van der Waals surface area contributed by atoms with Crippen LogP contribution in [0.2, 0.25) is 0 Å². The van der Waals surface area contributed by atoms with E-state index in [2.05, 4.69) is 15.5 Å². The molecule has 0 fully saturated rings. The molecular formula is C11H10N4O2. The fraction of sp³-hybridized carbons (Fsp3) is 0.0909. The topological polar surface area (TPSA) is 76.3 Å². The van der Waals surface area contributed by atoms with Crippen molar-refractivity contribution in [3.8, 4) is 5.69 Å². The summed E-state index contributed by atoms with van der Waals surface area (Å²) in [4.78, 5) is 25.7. The lowest BCUT2D eigenvalue weighted by Crippen LogP contribution is -2.24. The summed E-state index contributed by atoms with van der Waals surface area (Å²) in [6.07, 6.45) is 4.97. The Balaban J connectivity index is 2.34. The molecule has 1 heterocycles. The molecule has 1 N–H and O–H groups in total. The van der Waals surface area contributed by atoms with Crippen molar-refractivity contribution in [2.24, 2.45) is 5.18 Å². The van der Waals surface area contributed by atoms with Crippen LogP contribution in [0.5, 0.6) is 0 Å². The molecule has 17 heavy (non-hydrogen) atoms. The minimum absolute atomic E-state index is 0.239. The fourth-order valence-corrected chi connectivity index (χ4v) is 1.49. The molecule has 6 heteroatoms. The molecule has 1 aromatic heterocycles. The lowest BCUT2D eigenvalue weighted by molar-refractivity contribution is 0.0955. The Morgan fingerprint density at radius 2 is 2.24 bits per heavy atom. The van der Waals surface area contributed by atoms with Crippen LogP contribution in [-0.4, -0.2) is 22.1 Å². The largest absolute Gasteiger partial charge is 0.330 e. The van der Waals surface area contributed by atoms with Crippen molar-refractivity contribution in [3.63, 3.8) is 0 Å². The minimum Gasteiger partial charge on any atom is -0.330 e. The van der Waals surface area contributed by atoms with Crippen LogP contribution >= 0.6 is 0 Å². The summed E-state index contributed by atoms with van der Waals surface area (Å²) in [6, 6.07) is 7.05. The number of hydrogen-bond donors (Lipinski definition) is 1. The second kappa shape index (κ2) is 5.02. The van der Waals surface area contributed by atoms with Crippen LogP contribution in [0.4, 0.5) is 0 Å². The zero-order chi connectivity index (χ0) is 12.1. The molecule has 1 aromatic carbocycles. The maximum absolute atomic E-state index is 11.8. The number of nitrogens with zero attached hydrogens (tertiary/aromatic N) is 3. The Kier molecular flexibility index (Phi) is 3.25. The number of rotatable bonds is 4. The zero-order valence-electron chi connectivity index (χ0n) is 8.91. The summed E-state index contributed by atoms with van der Waals surface area (Å²) in [7, 11) is 0. The third-order valence-electron chi connectivity index (χ3n) is 2.24. The summed E-state index contributed by atoms with van der Waals surface area (Å²) < 4.78 is 1.73. The number of carbonyl (C=O) groups excluding carboxylic acids is 1. The molecule has 0 unspecified atom stereocenters. The van der Waals surface area contributed by atoms with Gasteiger partial charge in [0.1, 0.15) is 0 Å². The Morgan fingerprint density at radius 1 is 1.41 bits per heavy atom. The van der Waals surface area contributed by atoms with E-state index in [-0.39, 0.29) is 12.6 Å². The van der Waals surface area contributed by atoms with Gasteiger partial charge in [0.2, 0.25) is 0 Å². The SMILES string of the molecule is O=NCNC(=O)c1ccccc1-n1ccnc1. The number of carbonyl (C=O) groups is 1. The van der Waals surface area contributed by atoms with Gasteiger partial charge in [0.05, 0.1) is 17.6 Å². The van der Waals surface area contributed by atoms with Crippen molar-refractivity contribution in [2.75, 3.05) is 6.67 Å². The van der Waals surface area contributed by atoms with E-state index >= 15 is 0 Å². The van der Waals surface area contributed by atoms with Crippen LogP contribution in [0.15, 0.2) is 48.2 Å². The van der Waals surface area contributed by atoms with E-state index in [1.807, 2.05) is 6.07 Å². The third kappa shape index (κ3) is 2.36. The lowest BCUT2D eigenvalue weighted by Gasteiger charge is -2.08. The van der Waals surface area contributed by atoms with Crippen LogP contribution in [-0.2, 0) is 0 Å². The van der Waals surface area contributed by atoms with E-state index in [9.17, 15) is 9.70 Å². The predicted molar refractivity (Wildman–Crippen MR) is 61.7 cm³/mol. The average Bonchev–Trinajstić information content (AvgIpc) is 2.89. The first kappa shape index (κ1) is 11.0. The summed E-state index contributed by atoms with van der Waals surface area (Å²) in [6.45, 7) is -0.239. The van der Waals surface area contributed by atoms with Gasteiger partial charge in [-0.2, -0.15) is 0 Å². The summed E-state index contributed by atoms with van der Waals surface area (Å²) in [5.74, 6) is -0.339. The standard InChI is InChI=1S/C11H10N4O2/c16-11(13-7-14-17)9-3-1-2-4-10(9)15-6-5-12-8-15/h1-6,8H,7H2,(H,13,16). The number of amides is 1. The molecule has 0 saturated carbocycles. The van der Waals surface area contributed by atoms with Gasteiger partial charge in [0.25, 0.3) is 5.91 Å². The second-order valence-corrected chi connectivity index (χ2v) is 3.28. The Bertz CT molecular complexity index is 522. The zero-order valence-corrected chi connectivity index (χ0v) is 8.91. The quantitative estimate of drug-likeness (QED) is 0.805. The molecule has 0 radical (unpaired) electrons. The molecule has 0 saturated heterocycles. The van der Waals surface area contributed by atoms with Crippen molar-refractivity contribution < 1.29 is 4.79 Å². The van der Waals surface area contributed by atoms with Gasteiger partial charge in [-0.15, -0.1) is 4.91 Å². The van der Waals surface area contributed by atoms with Gasteiger partial charge in [-0.3, -0.25) is 4.79 Å². The Hall–Kier alpha value is -2.50. The van der Waals surface area contributed by atoms with E-state index in [1.165, 1.54) is 0 Å². The van der Waals surface area contributed by atoms with E-state index in [4.69, 9.17) is 0 Å². The molecule has 0 bridgehead atoms. The van der Waals surface area contributed by atoms with E-state index in [1.54, 1.807) is 41.5 Å². The lowest BCUT2D eigenvalue weighted by atomic mass is 10.1. The number of benzene rings is 1. The Labute approximate surface area is 97.3 Å². The molecule has 0 spiro atoms. The fourth-order valence-electron chi connectivity index (χ4n) is 1.49. The van der Waals surface area contributed by atoms with Crippen LogP contribution in [0.1, 0.15) is 10.4 Å². The second-order valence-electron chi connectivity index (χ2n) is 3.28. The van der Waals surface area contributed by atoms with Crippen molar-refractivity contribution in [2.45, 2.75) is 0 Å². The Morgan fingerprint density at radius 3 is 2.94 bits per heavy atom. The highest BCUT2D eigenvalue weighted by Crippen LogP contribution is 2.13. The molecule has 0 aliphatic heterocycles. The highest BCUT2D eigenvalue weighted by molar-refractivity contribution is 5.97. The molecule has 0 aliphatic carbocycles. The normalized spacial score (nSPS) is 9.88. The molecule has 2 aromatic rings. The van der Waals surface area contributed by atoms with Gasteiger partial charge < -0.3 is 9.88 Å². The van der Waals surface area contributed by atoms with Crippen LogP contribution in [0, 0.1) is 4.91 Å². The molecule has 2 rings (SSSR count). The predicted octanol–water partition coefficient (Wildman–Crippen LogP) is 1.33. The third-order valence-corrected chi connectivity index (χ3v) is 2.24. The minimum atomic E-state index is -0.339. The monoisotopic (exact) mass is 230 g/mol. The summed E-state index contributed by atoms with van der Waals surface area (Å²) >= 11 is 0. The number of nitrogens with one attached hydrogen (secondary N) is 1. The van der Waals surface area contributed by atoms with Gasteiger partial charge in [-0.25, -0.2) is 4.98 Å². The molecule has 6 nitrogen and oxygen atoms in total. The van der Waals surface area contributed by atoms with Gasteiger partial charge in [0.15, 0.2) is 6.67 Å². The van der Waals surface area contributed by atoms with Gasteiger partial charge >= 0.3 is 0 Å². The van der Waals surface area contributed by atoms with Gasteiger partial charge in [0, 0.05) is 12.4 Å². The maximum Gasteiger partial charge on any atom is 0.254 e. The van der Waals surface area contributed by atoms with Crippen molar-refractivity contribution in [1.82, 2.24) is 14.9 Å². The van der Waals surface area contributed by atoms with Crippen LogP contribution in [0.25, 0.3) is 5.69 Å². The molecule has 86 valence electrons. The number of aromatic nitrogens is 2. The van der Waals surface area contributed by atoms with E-state index in [0.717, 1.165) is 0 Å². The first-order chi connectivity index (χ1) is 8.33. The van der Waals surface area contributed by atoms with Crippen LogP contribution < -0.4 is 5.32 Å². The van der Waals surface area contributed by atoms with E-state index < -0.39 is 0 Å². The van der Waals surface area contributed by atoms with Crippen LogP contribution in [0.3, 0.4) is 0 Å². The molecule has 0 aliphatic rings. The average molecular weight is 230 g/mol. The first-order valence-corrected chi connectivity index (χ1v) is 4.97. The van der Waals surface area contributed by atoms with Crippen molar-refractivity contribution >= 4 is 5.91 Å². The number of imidazole rings is 1. The smallest absolute Gasteiger partial charge is 0.254 e. The maximum atomic E-state index is 11.8.